The van der Waals surface area contributed by atoms with Crippen molar-refractivity contribution in [3.63, 3.8) is 0 Å². The van der Waals surface area contributed by atoms with Gasteiger partial charge in [0.15, 0.2) is 0 Å². The molecule has 2 aromatic heterocycles. The van der Waals surface area contributed by atoms with E-state index in [9.17, 15) is 39.5 Å². The van der Waals surface area contributed by atoms with Crippen molar-refractivity contribution in [1.29, 1.82) is 0 Å². The van der Waals surface area contributed by atoms with Gasteiger partial charge >= 0.3 is 24.5 Å². The second kappa shape index (κ2) is 20.2. The van der Waals surface area contributed by atoms with Gasteiger partial charge in [0.05, 0.1) is 45.4 Å². The summed E-state index contributed by atoms with van der Waals surface area (Å²) in [7, 11) is 0. The molecule has 17 heteroatoms. The summed E-state index contributed by atoms with van der Waals surface area (Å²) < 4.78 is 115. The molecule has 0 bridgehead atoms. The molecule has 0 aliphatic rings. The number of aliphatic hydroxyl groups is 1. The van der Waals surface area contributed by atoms with Crippen LogP contribution in [0.1, 0.15) is 55.4 Å². The lowest BCUT2D eigenvalue weighted by molar-refractivity contribution is -0.192. The monoisotopic (exact) mass is 833 g/mol. The number of aromatic nitrogens is 4. The Morgan fingerprint density at radius 2 is 1.19 bits per heavy atom. The predicted octanol–water partition coefficient (Wildman–Crippen LogP) is 10.1. The molecule has 2 heterocycles. The molecule has 0 fully saturated rings. The molecule has 0 radical (unpaired) electrons. The van der Waals surface area contributed by atoms with E-state index in [4.69, 9.17) is 15.0 Å². The number of aliphatic carboxylic acids is 1. The SMILES string of the molecule is CCN(CC)CCCCc1cc(C(F)(F)F)cc2ncn(-c3ccccc3)c12.O=C(O)C(F)(F)F.OCCC#Cc1cc(C(F)(F)F)cc2ncn(-c3ccccc3)c12. The molecule has 0 aliphatic heterocycles. The smallest absolute Gasteiger partial charge is 0.475 e. The van der Waals surface area contributed by atoms with E-state index in [1.807, 2.05) is 65.2 Å². The lowest BCUT2D eigenvalue weighted by Crippen LogP contribution is -2.23. The quantitative estimate of drug-likeness (QED) is 0.0811. The molecule has 0 saturated heterocycles. The molecule has 314 valence electrons. The van der Waals surface area contributed by atoms with E-state index < -0.39 is 35.6 Å². The normalized spacial score (nSPS) is 11.7. The largest absolute Gasteiger partial charge is 0.490 e. The lowest BCUT2D eigenvalue weighted by atomic mass is 10.0. The van der Waals surface area contributed by atoms with E-state index in [1.54, 1.807) is 10.9 Å². The first kappa shape index (κ1) is 45.8. The first-order chi connectivity index (χ1) is 27.9. The Kier molecular flexibility index (Phi) is 15.7. The van der Waals surface area contributed by atoms with E-state index in [2.05, 4.69) is 40.6 Å². The molecule has 8 nitrogen and oxygen atoms in total. The van der Waals surface area contributed by atoms with Crippen LogP contribution < -0.4 is 0 Å². The van der Waals surface area contributed by atoms with Gasteiger partial charge < -0.3 is 15.1 Å². The zero-order valence-corrected chi connectivity index (χ0v) is 31.8. The zero-order valence-electron chi connectivity index (χ0n) is 31.8. The number of halogens is 9. The second-order valence-corrected chi connectivity index (χ2v) is 12.9. The standard InChI is InChI=1S/C22H26F3N3.C18H13F3N2O.C2HF3O2/c1-3-27(4-2)13-9-8-10-17-14-18(22(23,24)25)15-20-21(17)28(16-26-20)19-11-6-5-7-12-19;19-18(20,21)14-10-13(6-4-5-9-24)17-16(11-14)22-12-23(17)15-7-2-1-3-8-15;3-2(4,5)1(6)7/h5-7,11-12,14-16H,3-4,8-10,13H2,1-2H3;1-3,7-8,10-12,24H,5,9H2;(H,6,7). The maximum atomic E-state index is 13.4. The second-order valence-electron chi connectivity index (χ2n) is 12.9. The molecule has 4 aromatic carbocycles. The van der Waals surface area contributed by atoms with Crippen molar-refractivity contribution < 1.29 is 54.5 Å². The fraction of sp³-hybridized carbons (Fsp3) is 0.310. The summed E-state index contributed by atoms with van der Waals surface area (Å²) in [6.45, 7) is 7.05. The Morgan fingerprint density at radius 3 is 1.64 bits per heavy atom. The average Bonchev–Trinajstić information content (AvgIpc) is 3.83. The molecule has 0 atom stereocenters. The molecule has 0 aliphatic carbocycles. The number of imidazole rings is 2. The maximum Gasteiger partial charge on any atom is 0.490 e. The molecular formula is C42H40F9N5O3. The van der Waals surface area contributed by atoms with E-state index in [0.717, 1.165) is 67.6 Å². The number of carboxylic acids is 1. The number of hydrogen-bond donors (Lipinski definition) is 2. The Balaban J connectivity index is 0.000000226. The van der Waals surface area contributed by atoms with Gasteiger partial charge in [0.1, 0.15) is 12.7 Å². The summed E-state index contributed by atoms with van der Waals surface area (Å²) in [6, 6.07) is 23.3. The third-order valence-electron chi connectivity index (χ3n) is 8.86. The van der Waals surface area contributed by atoms with Gasteiger partial charge in [-0.3, -0.25) is 9.13 Å². The number of carboxylic acid groups (broad SMARTS) is 1. The van der Waals surface area contributed by atoms with Crippen LogP contribution in [0, 0.1) is 11.8 Å². The molecule has 0 amide bonds. The Labute approximate surface area is 333 Å². The van der Waals surface area contributed by atoms with Crippen LogP contribution in [0.4, 0.5) is 39.5 Å². The van der Waals surface area contributed by atoms with Gasteiger partial charge in [-0.25, -0.2) is 14.8 Å². The van der Waals surface area contributed by atoms with E-state index in [1.165, 1.54) is 12.4 Å². The number of unbranched alkanes of at least 4 members (excludes halogenated alkanes) is 1. The highest BCUT2D eigenvalue weighted by Gasteiger charge is 2.38. The van der Waals surface area contributed by atoms with Crippen molar-refractivity contribution in [3.8, 4) is 23.2 Å². The number of rotatable bonds is 10. The molecule has 0 unspecified atom stereocenters. The Bertz CT molecular complexity index is 2340. The van der Waals surface area contributed by atoms with Gasteiger partial charge in [-0.05, 0) is 93.0 Å². The third-order valence-corrected chi connectivity index (χ3v) is 8.86. The number of benzene rings is 4. The van der Waals surface area contributed by atoms with Gasteiger partial charge in [-0.1, -0.05) is 62.1 Å². The highest BCUT2D eigenvalue weighted by molar-refractivity contribution is 5.85. The number of nitrogens with zero attached hydrogens (tertiary/aromatic N) is 5. The molecule has 6 rings (SSSR count). The minimum Gasteiger partial charge on any atom is -0.475 e. The molecule has 2 N–H and O–H groups in total. The van der Waals surface area contributed by atoms with Crippen LogP contribution in [0.3, 0.4) is 0 Å². The van der Waals surface area contributed by atoms with Crippen molar-refractivity contribution >= 4 is 28.0 Å². The molecule has 6 aromatic rings. The first-order valence-electron chi connectivity index (χ1n) is 18.3. The van der Waals surface area contributed by atoms with Gasteiger partial charge in [-0.2, -0.15) is 39.5 Å². The van der Waals surface area contributed by atoms with Crippen LogP contribution in [0.15, 0.2) is 97.6 Å². The number of alkyl halides is 9. The highest BCUT2D eigenvalue weighted by atomic mass is 19.4. The predicted molar refractivity (Wildman–Crippen MR) is 205 cm³/mol. The fourth-order valence-electron chi connectivity index (χ4n) is 5.97. The van der Waals surface area contributed by atoms with Crippen molar-refractivity contribution in [2.45, 2.75) is 58.1 Å². The summed E-state index contributed by atoms with van der Waals surface area (Å²) in [5, 5.41) is 16.0. The number of hydrogen-bond acceptors (Lipinski definition) is 5. The van der Waals surface area contributed by atoms with Crippen LogP contribution >= 0.6 is 0 Å². The van der Waals surface area contributed by atoms with E-state index >= 15 is 0 Å². The van der Waals surface area contributed by atoms with E-state index in [0.29, 0.717) is 23.0 Å². The Morgan fingerprint density at radius 1 is 0.712 bits per heavy atom. The minimum absolute atomic E-state index is 0.146. The summed E-state index contributed by atoms with van der Waals surface area (Å²) in [5.74, 6) is 2.65. The maximum absolute atomic E-state index is 13.4. The Hall–Kier alpha value is -5.86. The summed E-state index contributed by atoms with van der Waals surface area (Å²) in [6.07, 6.45) is -8.25. The van der Waals surface area contributed by atoms with Crippen molar-refractivity contribution in [2.24, 2.45) is 0 Å². The lowest BCUT2D eigenvalue weighted by Gasteiger charge is -2.18. The van der Waals surface area contributed by atoms with Crippen LogP contribution in [-0.2, 0) is 23.6 Å². The number of carbonyl (C=O) groups is 1. The van der Waals surface area contributed by atoms with Crippen LogP contribution in [-0.4, -0.2) is 72.6 Å². The average molecular weight is 834 g/mol. The fourth-order valence-corrected chi connectivity index (χ4v) is 5.97. The summed E-state index contributed by atoms with van der Waals surface area (Å²) in [5.41, 5.74) is 3.08. The van der Waals surface area contributed by atoms with Gasteiger partial charge in [0, 0.05) is 17.8 Å². The molecule has 59 heavy (non-hydrogen) atoms. The van der Waals surface area contributed by atoms with Crippen molar-refractivity contribution in [3.05, 3.63) is 120 Å². The summed E-state index contributed by atoms with van der Waals surface area (Å²) in [4.78, 5) is 19.6. The number of fused-ring (bicyclic) bond motifs is 2. The van der Waals surface area contributed by atoms with Gasteiger partial charge in [0.25, 0.3) is 0 Å². The minimum atomic E-state index is -5.08. The topological polar surface area (TPSA) is 96.4 Å². The first-order valence-corrected chi connectivity index (χ1v) is 18.3. The zero-order chi connectivity index (χ0) is 43.4. The third kappa shape index (κ3) is 12.6. The van der Waals surface area contributed by atoms with Crippen LogP contribution in [0.25, 0.3) is 33.4 Å². The van der Waals surface area contributed by atoms with Gasteiger partial charge in [-0.15, -0.1) is 0 Å². The van der Waals surface area contributed by atoms with Crippen molar-refractivity contribution in [1.82, 2.24) is 24.0 Å². The van der Waals surface area contributed by atoms with Gasteiger partial charge in [0.2, 0.25) is 0 Å². The van der Waals surface area contributed by atoms with Crippen LogP contribution in [0.5, 0.6) is 0 Å². The number of para-hydroxylation sites is 2. The van der Waals surface area contributed by atoms with Crippen molar-refractivity contribution in [2.75, 3.05) is 26.2 Å². The number of aliphatic hydroxyl groups excluding tert-OH is 1. The highest BCUT2D eigenvalue weighted by Crippen LogP contribution is 2.35. The van der Waals surface area contributed by atoms with E-state index in [-0.39, 0.29) is 24.1 Å². The van der Waals surface area contributed by atoms with Crippen LogP contribution in [0.2, 0.25) is 0 Å². The summed E-state index contributed by atoms with van der Waals surface area (Å²) >= 11 is 0. The molecule has 0 spiro atoms. The molecular weight excluding hydrogens is 793 g/mol. The number of aryl methyl sites for hydroxylation is 1. The molecule has 0 saturated carbocycles.